The third-order valence-electron chi connectivity index (χ3n) is 2.03. The minimum atomic E-state index is -0.0124. The average Bonchev–Trinajstić information content (AvgIpc) is 2.28. The van der Waals surface area contributed by atoms with Gasteiger partial charge in [0.25, 0.3) is 0 Å². The normalized spacial score (nSPS) is 10.0. The zero-order valence-corrected chi connectivity index (χ0v) is 11.0. The Kier molecular flexibility index (Phi) is 5.69. The van der Waals surface area contributed by atoms with Crippen molar-refractivity contribution in [3.63, 3.8) is 0 Å². The number of ether oxygens (including phenoxy) is 1. The summed E-state index contributed by atoms with van der Waals surface area (Å²) in [5.41, 5.74) is 6.60. The molecule has 0 aromatic heterocycles. The Labute approximate surface area is 106 Å². The molecule has 0 aliphatic heterocycles. The van der Waals surface area contributed by atoms with Crippen LogP contribution in [0.1, 0.15) is 13.8 Å². The summed E-state index contributed by atoms with van der Waals surface area (Å²) in [5.74, 6) is 1.60. The van der Waals surface area contributed by atoms with E-state index in [0.717, 1.165) is 22.1 Å². The number of benzene rings is 1. The van der Waals surface area contributed by atoms with Gasteiger partial charge in [-0.1, -0.05) is 0 Å². The van der Waals surface area contributed by atoms with Crippen LogP contribution >= 0.6 is 11.8 Å². The minimum absolute atomic E-state index is 0.0124. The predicted molar refractivity (Wildman–Crippen MR) is 71.4 cm³/mol. The quantitative estimate of drug-likeness (QED) is 0.462. The van der Waals surface area contributed by atoms with Gasteiger partial charge in [-0.15, -0.1) is 11.8 Å². The van der Waals surface area contributed by atoms with Gasteiger partial charge in [0, 0.05) is 29.8 Å². The van der Waals surface area contributed by atoms with E-state index >= 15 is 0 Å². The van der Waals surface area contributed by atoms with Crippen LogP contribution in [0.3, 0.4) is 0 Å². The van der Waals surface area contributed by atoms with E-state index in [0.29, 0.717) is 13.2 Å². The molecule has 4 nitrogen and oxygen atoms in total. The summed E-state index contributed by atoms with van der Waals surface area (Å²) in [6, 6.07) is 5.62. The van der Waals surface area contributed by atoms with Crippen molar-refractivity contribution in [3.05, 3.63) is 18.2 Å². The van der Waals surface area contributed by atoms with Crippen molar-refractivity contribution in [2.24, 2.45) is 0 Å². The molecule has 5 heteroatoms. The van der Waals surface area contributed by atoms with Gasteiger partial charge in [0.15, 0.2) is 0 Å². The average molecular weight is 254 g/mol. The lowest BCUT2D eigenvalue weighted by atomic mass is 10.3. The van der Waals surface area contributed by atoms with Crippen LogP contribution in [0, 0.1) is 0 Å². The van der Waals surface area contributed by atoms with Gasteiger partial charge in [0.2, 0.25) is 5.91 Å². The fourth-order valence-corrected chi connectivity index (χ4v) is 2.14. The molecular formula is C12H18N2O2S. The smallest absolute Gasteiger partial charge is 0.216 e. The highest BCUT2D eigenvalue weighted by atomic mass is 32.2. The zero-order valence-electron chi connectivity index (χ0n) is 10.2. The van der Waals surface area contributed by atoms with E-state index in [2.05, 4.69) is 5.32 Å². The number of hydrogen-bond donors (Lipinski definition) is 2. The molecular weight excluding hydrogens is 236 g/mol. The van der Waals surface area contributed by atoms with Gasteiger partial charge in [-0.05, 0) is 25.1 Å². The van der Waals surface area contributed by atoms with Crippen molar-refractivity contribution in [3.8, 4) is 5.75 Å². The maximum absolute atomic E-state index is 10.7. The molecule has 0 aliphatic carbocycles. The summed E-state index contributed by atoms with van der Waals surface area (Å²) >= 11 is 1.61. The highest BCUT2D eigenvalue weighted by Crippen LogP contribution is 2.28. The van der Waals surface area contributed by atoms with Crippen molar-refractivity contribution in [1.82, 2.24) is 5.32 Å². The number of thioether (sulfide) groups is 1. The van der Waals surface area contributed by atoms with Gasteiger partial charge >= 0.3 is 0 Å². The Hall–Kier alpha value is -1.36. The van der Waals surface area contributed by atoms with Crippen LogP contribution in [0.25, 0.3) is 0 Å². The van der Waals surface area contributed by atoms with Gasteiger partial charge in [-0.2, -0.15) is 0 Å². The fourth-order valence-electron chi connectivity index (χ4n) is 1.28. The van der Waals surface area contributed by atoms with Crippen LogP contribution in [0.15, 0.2) is 23.1 Å². The number of anilines is 1. The second kappa shape index (κ2) is 7.06. The second-order valence-corrected chi connectivity index (χ2v) is 4.60. The predicted octanol–water partition coefficient (Wildman–Crippen LogP) is 1.90. The first-order valence-corrected chi connectivity index (χ1v) is 6.51. The topological polar surface area (TPSA) is 64.3 Å². The highest BCUT2D eigenvalue weighted by molar-refractivity contribution is 7.99. The number of carbonyl (C=O) groups excluding carboxylic acids is 1. The van der Waals surface area contributed by atoms with Crippen molar-refractivity contribution in [1.29, 1.82) is 0 Å². The van der Waals surface area contributed by atoms with Crippen LogP contribution in [0.2, 0.25) is 0 Å². The molecule has 1 aromatic rings. The van der Waals surface area contributed by atoms with Gasteiger partial charge in [-0.25, -0.2) is 0 Å². The molecule has 17 heavy (non-hydrogen) atoms. The van der Waals surface area contributed by atoms with Crippen LogP contribution in [-0.2, 0) is 4.79 Å². The Morgan fingerprint density at radius 2 is 2.29 bits per heavy atom. The molecule has 1 aromatic carbocycles. The number of amides is 1. The van der Waals surface area contributed by atoms with Crippen LogP contribution in [0.4, 0.5) is 5.69 Å². The Bertz CT molecular complexity index is 383. The van der Waals surface area contributed by atoms with Crippen molar-refractivity contribution >= 4 is 23.4 Å². The van der Waals surface area contributed by atoms with Crippen molar-refractivity contribution < 1.29 is 9.53 Å². The monoisotopic (exact) mass is 254 g/mol. The molecule has 0 saturated carbocycles. The maximum atomic E-state index is 10.7. The second-order valence-electron chi connectivity index (χ2n) is 3.46. The molecule has 3 N–H and O–H groups in total. The summed E-state index contributed by atoms with van der Waals surface area (Å²) in [6.45, 7) is 4.73. The minimum Gasteiger partial charge on any atom is -0.494 e. The Morgan fingerprint density at radius 3 is 2.94 bits per heavy atom. The molecule has 0 spiro atoms. The lowest BCUT2D eigenvalue weighted by Gasteiger charge is -2.09. The molecule has 0 bridgehead atoms. The van der Waals surface area contributed by atoms with Gasteiger partial charge < -0.3 is 15.8 Å². The van der Waals surface area contributed by atoms with E-state index in [4.69, 9.17) is 10.5 Å². The van der Waals surface area contributed by atoms with Crippen LogP contribution < -0.4 is 15.8 Å². The molecule has 1 amide bonds. The fraction of sp³-hybridized carbons (Fsp3) is 0.417. The number of carbonyl (C=O) groups is 1. The summed E-state index contributed by atoms with van der Waals surface area (Å²) in [4.78, 5) is 11.7. The Balaban J connectivity index is 2.51. The number of nitrogen functional groups attached to an aromatic ring is 1. The number of nitrogens with two attached hydrogens (primary N) is 1. The molecule has 1 rings (SSSR count). The maximum Gasteiger partial charge on any atom is 0.216 e. The molecule has 0 unspecified atom stereocenters. The molecule has 0 fully saturated rings. The lowest BCUT2D eigenvalue weighted by Crippen LogP contribution is -2.22. The molecule has 0 aliphatic rings. The van der Waals surface area contributed by atoms with Gasteiger partial charge in [0.1, 0.15) is 5.75 Å². The molecule has 0 atom stereocenters. The van der Waals surface area contributed by atoms with E-state index in [-0.39, 0.29) is 5.91 Å². The zero-order chi connectivity index (χ0) is 12.7. The van der Waals surface area contributed by atoms with Crippen LogP contribution in [-0.4, -0.2) is 24.8 Å². The highest BCUT2D eigenvalue weighted by Gasteiger charge is 2.02. The third kappa shape index (κ3) is 4.99. The standard InChI is InChI=1S/C12H18N2O2S/c1-3-16-10-4-5-11(13)12(8-10)17-7-6-14-9(2)15/h4-5,8H,3,6-7,13H2,1-2H3,(H,14,15). The molecule has 0 heterocycles. The van der Waals surface area contributed by atoms with E-state index in [1.807, 2.05) is 25.1 Å². The molecule has 0 radical (unpaired) electrons. The van der Waals surface area contributed by atoms with Crippen molar-refractivity contribution in [2.45, 2.75) is 18.7 Å². The van der Waals surface area contributed by atoms with E-state index < -0.39 is 0 Å². The Morgan fingerprint density at radius 1 is 1.53 bits per heavy atom. The van der Waals surface area contributed by atoms with Crippen LogP contribution in [0.5, 0.6) is 5.75 Å². The number of nitrogens with one attached hydrogen (secondary N) is 1. The van der Waals surface area contributed by atoms with E-state index in [9.17, 15) is 4.79 Å². The first-order valence-electron chi connectivity index (χ1n) is 5.53. The molecule has 94 valence electrons. The van der Waals surface area contributed by atoms with E-state index in [1.165, 1.54) is 6.92 Å². The summed E-state index contributed by atoms with van der Waals surface area (Å²) in [5, 5.41) is 2.74. The van der Waals surface area contributed by atoms with Gasteiger partial charge in [-0.3, -0.25) is 4.79 Å². The number of rotatable bonds is 6. The largest absolute Gasteiger partial charge is 0.494 e. The summed E-state index contributed by atoms with van der Waals surface area (Å²) in [6.07, 6.45) is 0. The van der Waals surface area contributed by atoms with Gasteiger partial charge in [0.05, 0.1) is 6.61 Å². The first kappa shape index (κ1) is 13.7. The first-order chi connectivity index (χ1) is 8.13. The lowest BCUT2D eigenvalue weighted by molar-refractivity contribution is -0.118. The third-order valence-corrected chi connectivity index (χ3v) is 3.10. The summed E-state index contributed by atoms with van der Waals surface area (Å²) in [7, 11) is 0. The van der Waals surface area contributed by atoms with Crippen molar-refractivity contribution in [2.75, 3.05) is 24.6 Å². The SMILES string of the molecule is CCOc1ccc(N)c(SCCNC(C)=O)c1. The molecule has 0 saturated heterocycles. The number of hydrogen-bond acceptors (Lipinski definition) is 4. The summed E-state index contributed by atoms with van der Waals surface area (Å²) < 4.78 is 5.41. The van der Waals surface area contributed by atoms with E-state index in [1.54, 1.807) is 11.8 Å².